The van der Waals surface area contributed by atoms with Crippen molar-refractivity contribution in [3.05, 3.63) is 36.0 Å². The quantitative estimate of drug-likeness (QED) is 0.618. The molecule has 0 fully saturated rings. The lowest BCUT2D eigenvalue weighted by Crippen LogP contribution is -2.24. The minimum Gasteiger partial charge on any atom is -0.467 e. The van der Waals surface area contributed by atoms with Crippen molar-refractivity contribution < 1.29 is 4.42 Å². The summed E-state index contributed by atoms with van der Waals surface area (Å²) in [7, 11) is 0. The van der Waals surface area contributed by atoms with Crippen LogP contribution < -0.4 is 16.2 Å². The van der Waals surface area contributed by atoms with Gasteiger partial charge in [-0.25, -0.2) is 15.8 Å². The van der Waals surface area contributed by atoms with E-state index in [0.717, 1.165) is 23.7 Å². The molecule has 2 heterocycles. The van der Waals surface area contributed by atoms with E-state index >= 15 is 0 Å². The second kappa shape index (κ2) is 5.50. The zero-order chi connectivity index (χ0) is 13.0. The van der Waals surface area contributed by atoms with Crippen molar-refractivity contribution in [1.29, 1.82) is 0 Å². The molecule has 0 aliphatic rings. The lowest BCUT2D eigenvalue weighted by molar-refractivity contribution is 0.502. The van der Waals surface area contributed by atoms with E-state index < -0.39 is 0 Å². The molecule has 2 aromatic rings. The SMILES string of the molecule is CCN(Cc1ccco1)c1ncnc(NN)c1C. The molecule has 2 aromatic heterocycles. The average Bonchev–Trinajstić information content (AvgIpc) is 2.89. The summed E-state index contributed by atoms with van der Waals surface area (Å²) < 4.78 is 5.36. The number of rotatable bonds is 5. The molecule has 0 aliphatic carbocycles. The van der Waals surface area contributed by atoms with Gasteiger partial charge in [-0.15, -0.1) is 0 Å². The smallest absolute Gasteiger partial charge is 0.148 e. The predicted molar refractivity (Wildman–Crippen MR) is 70.0 cm³/mol. The Bertz CT molecular complexity index is 497. The summed E-state index contributed by atoms with van der Waals surface area (Å²) in [5, 5.41) is 0. The minimum atomic E-state index is 0.637. The molecular formula is C12H17N5O. The molecule has 0 atom stereocenters. The lowest BCUT2D eigenvalue weighted by Gasteiger charge is -2.23. The molecule has 96 valence electrons. The molecule has 2 rings (SSSR count). The Morgan fingerprint density at radius 3 is 2.89 bits per heavy atom. The van der Waals surface area contributed by atoms with Gasteiger partial charge in [-0.2, -0.15) is 0 Å². The number of hydrogen-bond acceptors (Lipinski definition) is 6. The van der Waals surface area contributed by atoms with E-state index in [-0.39, 0.29) is 0 Å². The van der Waals surface area contributed by atoms with E-state index in [1.54, 1.807) is 6.26 Å². The molecule has 0 unspecified atom stereocenters. The third-order valence-corrected chi connectivity index (χ3v) is 2.80. The largest absolute Gasteiger partial charge is 0.467 e. The van der Waals surface area contributed by atoms with Gasteiger partial charge >= 0.3 is 0 Å². The van der Waals surface area contributed by atoms with Crippen LogP contribution in [0.5, 0.6) is 0 Å². The summed E-state index contributed by atoms with van der Waals surface area (Å²) in [4.78, 5) is 10.5. The fraction of sp³-hybridized carbons (Fsp3) is 0.333. The molecule has 0 aromatic carbocycles. The molecule has 0 saturated carbocycles. The first-order valence-corrected chi connectivity index (χ1v) is 5.81. The molecular weight excluding hydrogens is 230 g/mol. The highest BCUT2D eigenvalue weighted by Crippen LogP contribution is 2.22. The van der Waals surface area contributed by atoms with Crippen LogP contribution in [-0.4, -0.2) is 16.5 Å². The van der Waals surface area contributed by atoms with Crippen molar-refractivity contribution in [3.63, 3.8) is 0 Å². The molecule has 0 aliphatic heterocycles. The number of hydrazine groups is 1. The molecule has 18 heavy (non-hydrogen) atoms. The summed E-state index contributed by atoms with van der Waals surface area (Å²) >= 11 is 0. The number of furan rings is 1. The summed E-state index contributed by atoms with van der Waals surface area (Å²) in [5.41, 5.74) is 3.50. The number of anilines is 2. The number of nitrogens with one attached hydrogen (secondary N) is 1. The fourth-order valence-electron chi connectivity index (χ4n) is 1.83. The van der Waals surface area contributed by atoms with Crippen molar-refractivity contribution in [2.45, 2.75) is 20.4 Å². The van der Waals surface area contributed by atoms with Crippen LogP contribution in [0.1, 0.15) is 18.2 Å². The number of aromatic nitrogens is 2. The second-order valence-corrected chi connectivity index (χ2v) is 3.91. The van der Waals surface area contributed by atoms with E-state index in [1.807, 2.05) is 19.1 Å². The maximum atomic E-state index is 5.42. The van der Waals surface area contributed by atoms with Crippen molar-refractivity contribution in [1.82, 2.24) is 9.97 Å². The van der Waals surface area contributed by atoms with Crippen molar-refractivity contribution in [2.75, 3.05) is 16.9 Å². The first-order chi connectivity index (χ1) is 8.76. The standard InChI is InChI=1S/C12H17N5O/c1-3-17(7-10-5-4-6-18-10)12-9(2)11(16-13)14-8-15-12/h4-6,8H,3,7,13H2,1-2H3,(H,14,15,16). The summed E-state index contributed by atoms with van der Waals surface area (Å²) in [6.45, 7) is 5.50. The van der Waals surface area contributed by atoms with Crippen LogP contribution in [-0.2, 0) is 6.54 Å². The molecule has 3 N–H and O–H groups in total. The summed E-state index contributed by atoms with van der Waals surface area (Å²) in [6, 6.07) is 3.82. The first-order valence-electron chi connectivity index (χ1n) is 5.81. The Morgan fingerprint density at radius 2 is 2.28 bits per heavy atom. The monoisotopic (exact) mass is 247 g/mol. The van der Waals surface area contributed by atoms with Gasteiger partial charge in [-0.1, -0.05) is 0 Å². The zero-order valence-electron chi connectivity index (χ0n) is 10.6. The zero-order valence-corrected chi connectivity index (χ0v) is 10.6. The van der Waals surface area contributed by atoms with E-state index in [1.165, 1.54) is 6.33 Å². The van der Waals surface area contributed by atoms with Crippen LogP contribution in [0.15, 0.2) is 29.1 Å². The molecule has 6 heteroatoms. The van der Waals surface area contributed by atoms with Gasteiger partial charge in [0.05, 0.1) is 12.8 Å². The van der Waals surface area contributed by atoms with Gasteiger partial charge in [-0.05, 0) is 26.0 Å². The van der Waals surface area contributed by atoms with Gasteiger partial charge in [-0.3, -0.25) is 0 Å². The Kier molecular flexibility index (Phi) is 3.78. The Hall–Kier alpha value is -2.08. The number of nitrogen functional groups attached to an aromatic ring is 1. The summed E-state index contributed by atoms with van der Waals surface area (Å²) in [6.07, 6.45) is 3.17. The Balaban J connectivity index is 2.27. The molecule has 0 amide bonds. The van der Waals surface area contributed by atoms with Crippen LogP contribution in [0.3, 0.4) is 0 Å². The molecule has 6 nitrogen and oxygen atoms in total. The van der Waals surface area contributed by atoms with Crippen LogP contribution in [0, 0.1) is 6.92 Å². The molecule has 0 saturated heterocycles. The Labute approximate surface area is 106 Å². The van der Waals surface area contributed by atoms with Crippen LogP contribution in [0.25, 0.3) is 0 Å². The van der Waals surface area contributed by atoms with E-state index in [4.69, 9.17) is 10.3 Å². The third-order valence-electron chi connectivity index (χ3n) is 2.80. The fourth-order valence-corrected chi connectivity index (χ4v) is 1.83. The highest BCUT2D eigenvalue weighted by atomic mass is 16.3. The lowest BCUT2D eigenvalue weighted by atomic mass is 10.2. The second-order valence-electron chi connectivity index (χ2n) is 3.91. The van der Waals surface area contributed by atoms with Crippen molar-refractivity contribution >= 4 is 11.6 Å². The first kappa shape index (κ1) is 12.4. The topological polar surface area (TPSA) is 80.2 Å². The van der Waals surface area contributed by atoms with Crippen LogP contribution in [0.2, 0.25) is 0 Å². The van der Waals surface area contributed by atoms with Gasteiger partial charge in [0.15, 0.2) is 0 Å². The van der Waals surface area contributed by atoms with Crippen LogP contribution in [0.4, 0.5) is 11.6 Å². The third kappa shape index (κ3) is 2.43. The van der Waals surface area contributed by atoms with E-state index in [0.29, 0.717) is 12.4 Å². The maximum absolute atomic E-state index is 5.42. The maximum Gasteiger partial charge on any atom is 0.148 e. The summed E-state index contributed by atoms with van der Waals surface area (Å²) in [5.74, 6) is 7.82. The molecule has 0 spiro atoms. The van der Waals surface area contributed by atoms with Crippen molar-refractivity contribution in [2.24, 2.45) is 5.84 Å². The average molecular weight is 247 g/mol. The van der Waals surface area contributed by atoms with Crippen molar-refractivity contribution in [3.8, 4) is 0 Å². The normalized spacial score (nSPS) is 10.4. The van der Waals surface area contributed by atoms with E-state index in [9.17, 15) is 0 Å². The molecule has 0 radical (unpaired) electrons. The minimum absolute atomic E-state index is 0.637. The van der Waals surface area contributed by atoms with E-state index in [2.05, 4.69) is 27.2 Å². The van der Waals surface area contributed by atoms with Gasteiger partial charge in [0.25, 0.3) is 0 Å². The Morgan fingerprint density at radius 1 is 1.44 bits per heavy atom. The highest BCUT2D eigenvalue weighted by molar-refractivity contribution is 5.57. The number of nitrogens with zero attached hydrogens (tertiary/aromatic N) is 3. The number of nitrogens with two attached hydrogens (primary N) is 1. The molecule has 0 bridgehead atoms. The van der Waals surface area contributed by atoms with Gasteiger partial charge in [0, 0.05) is 12.1 Å². The van der Waals surface area contributed by atoms with Gasteiger partial charge in [0.2, 0.25) is 0 Å². The number of hydrogen-bond donors (Lipinski definition) is 2. The van der Waals surface area contributed by atoms with Gasteiger partial charge in [0.1, 0.15) is 23.7 Å². The van der Waals surface area contributed by atoms with Gasteiger partial charge < -0.3 is 14.7 Å². The predicted octanol–water partition coefficient (Wildman–Crippen LogP) is 1.69. The van der Waals surface area contributed by atoms with Crippen LogP contribution >= 0.6 is 0 Å². The highest BCUT2D eigenvalue weighted by Gasteiger charge is 2.13.